The van der Waals surface area contributed by atoms with Gasteiger partial charge in [0.1, 0.15) is 17.2 Å². The summed E-state index contributed by atoms with van der Waals surface area (Å²) in [6, 6.07) is 10.9. The number of benzene rings is 2. The highest BCUT2D eigenvalue weighted by atomic mass is 32.1. The number of aromatic hydroxyl groups is 2. The van der Waals surface area contributed by atoms with E-state index < -0.39 is 6.61 Å². The number of hydrogen-bond donors (Lipinski definition) is 2. The van der Waals surface area contributed by atoms with Gasteiger partial charge in [0, 0.05) is 22.6 Å². The first-order valence-corrected chi connectivity index (χ1v) is 9.74. The van der Waals surface area contributed by atoms with Crippen molar-refractivity contribution < 1.29 is 23.7 Å². The third-order valence-electron chi connectivity index (χ3n) is 4.23. The summed E-state index contributed by atoms with van der Waals surface area (Å²) in [7, 11) is 0. The minimum absolute atomic E-state index is 0.0109. The summed E-state index contributed by atoms with van der Waals surface area (Å²) < 4.78 is 31.4. The molecule has 0 spiro atoms. The predicted molar refractivity (Wildman–Crippen MR) is 106 cm³/mol. The Bertz CT molecular complexity index is 1120. The SMILES string of the molecule is Oc1ccc(-c2csc(=NC3CC3)n2/N=C/c2ccccc2OC(F)F)c(O)c1. The lowest BCUT2D eigenvalue weighted by atomic mass is 10.1. The quantitative estimate of drug-likeness (QED) is 0.591. The van der Waals surface area contributed by atoms with Crippen LogP contribution in [0.25, 0.3) is 11.3 Å². The van der Waals surface area contributed by atoms with E-state index in [1.807, 2.05) is 0 Å². The van der Waals surface area contributed by atoms with Crippen molar-refractivity contribution in [2.75, 3.05) is 0 Å². The van der Waals surface area contributed by atoms with Crippen LogP contribution in [0.3, 0.4) is 0 Å². The summed E-state index contributed by atoms with van der Waals surface area (Å²) in [5.74, 6) is -0.152. The fourth-order valence-electron chi connectivity index (χ4n) is 2.69. The van der Waals surface area contributed by atoms with E-state index in [1.165, 1.54) is 35.8 Å². The second-order valence-corrected chi connectivity index (χ2v) is 7.27. The Morgan fingerprint density at radius 3 is 2.69 bits per heavy atom. The number of phenols is 2. The maximum Gasteiger partial charge on any atom is 0.387 e. The minimum Gasteiger partial charge on any atom is -0.508 e. The van der Waals surface area contributed by atoms with E-state index in [2.05, 4.69) is 14.8 Å². The second kappa shape index (κ2) is 8.04. The molecule has 2 aromatic carbocycles. The summed E-state index contributed by atoms with van der Waals surface area (Å²) in [5, 5.41) is 26.0. The molecule has 6 nitrogen and oxygen atoms in total. The van der Waals surface area contributed by atoms with E-state index in [0.717, 1.165) is 12.8 Å². The zero-order valence-corrected chi connectivity index (χ0v) is 15.9. The second-order valence-electron chi connectivity index (χ2n) is 6.44. The van der Waals surface area contributed by atoms with Gasteiger partial charge in [-0.3, -0.25) is 4.99 Å². The Labute approximate surface area is 168 Å². The smallest absolute Gasteiger partial charge is 0.387 e. The molecule has 1 fully saturated rings. The highest BCUT2D eigenvalue weighted by molar-refractivity contribution is 7.07. The van der Waals surface area contributed by atoms with Crippen LogP contribution < -0.4 is 9.54 Å². The van der Waals surface area contributed by atoms with Crippen molar-refractivity contribution in [1.29, 1.82) is 0 Å². The zero-order chi connectivity index (χ0) is 20.4. The molecule has 1 heterocycles. The topological polar surface area (TPSA) is 79.3 Å². The molecule has 0 atom stereocenters. The molecule has 0 radical (unpaired) electrons. The average Bonchev–Trinajstić information content (AvgIpc) is 3.41. The third kappa shape index (κ3) is 4.45. The third-order valence-corrected chi connectivity index (χ3v) is 5.06. The number of phenolic OH excluding ortho intramolecular Hbond substituents is 2. The Morgan fingerprint density at radius 1 is 1.17 bits per heavy atom. The fraction of sp³-hybridized carbons (Fsp3) is 0.200. The number of hydrogen-bond acceptors (Lipinski definition) is 6. The van der Waals surface area contributed by atoms with Crippen molar-refractivity contribution in [3.63, 3.8) is 0 Å². The van der Waals surface area contributed by atoms with Crippen LogP contribution in [0.2, 0.25) is 0 Å². The molecular formula is C20H17F2N3O3S. The molecular weight excluding hydrogens is 400 g/mol. The van der Waals surface area contributed by atoms with Gasteiger partial charge in [-0.25, -0.2) is 4.68 Å². The molecule has 29 heavy (non-hydrogen) atoms. The highest BCUT2D eigenvalue weighted by Crippen LogP contribution is 2.32. The Balaban J connectivity index is 1.79. The lowest BCUT2D eigenvalue weighted by Gasteiger charge is -2.08. The van der Waals surface area contributed by atoms with Gasteiger partial charge in [-0.15, -0.1) is 11.3 Å². The fourth-order valence-corrected chi connectivity index (χ4v) is 3.59. The first-order chi connectivity index (χ1) is 14.0. The molecule has 0 amide bonds. The van der Waals surface area contributed by atoms with Gasteiger partial charge < -0.3 is 14.9 Å². The Hall–Kier alpha value is -3.20. The molecule has 1 aliphatic carbocycles. The van der Waals surface area contributed by atoms with Gasteiger partial charge in [0.05, 0.1) is 18.0 Å². The predicted octanol–water partition coefficient (Wildman–Crippen LogP) is 4.17. The van der Waals surface area contributed by atoms with Crippen LogP contribution in [-0.2, 0) is 0 Å². The minimum atomic E-state index is -2.94. The molecule has 0 aliphatic heterocycles. The van der Waals surface area contributed by atoms with Crippen molar-refractivity contribution in [3.8, 4) is 28.5 Å². The average molecular weight is 417 g/mol. The number of aromatic nitrogens is 1. The van der Waals surface area contributed by atoms with E-state index in [1.54, 1.807) is 34.3 Å². The number of rotatable bonds is 6. The molecule has 1 aliphatic rings. The van der Waals surface area contributed by atoms with Crippen LogP contribution >= 0.6 is 11.3 Å². The maximum absolute atomic E-state index is 12.7. The summed E-state index contributed by atoms with van der Waals surface area (Å²) in [5.41, 5.74) is 1.41. The van der Waals surface area contributed by atoms with Crippen LogP contribution in [0.15, 0.2) is 57.9 Å². The van der Waals surface area contributed by atoms with E-state index in [0.29, 0.717) is 21.6 Å². The van der Waals surface area contributed by atoms with Crippen LogP contribution in [0, 0.1) is 0 Å². The molecule has 3 aromatic rings. The van der Waals surface area contributed by atoms with Crippen molar-refractivity contribution >= 4 is 17.6 Å². The van der Waals surface area contributed by atoms with E-state index in [9.17, 15) is 19.0 Å². The van der Waals surface area contributed by atoms with E-state index in [4.69, 9.17) is 0 Å². The number of alkyl halides is 2. The van der Waals surface area contributed by atoms with Crippen molar-refractivity contribution in [2.45, 2.75) is 25.5 Å². The molecule has 0 bridgehead atoms. The van der Waals surface area contributed by atoms with Crippen molar-refractivity contribution in [1.82, 2.24) is 4.68 Å². The van der Waals surface area contributed by atoms with Crippen molar-refractivity contribution in [3.05, 3.63) is 58.2 Å². The first-order valence-electron chi connectivity index (χ1n) is 8.86. The lowest BCUT2D eigenvalue weighted by Crippen LogP contribution is -2.13. The molecule has 2 N–H and O–H groups in total. The molecule has 9 heteroatoms. The normalized spacial score (nSPS) is 14.8. The zero-order valence-electron chi connectivity index (χ0n) is 15.1. The van der Waals surface area contributed by atoms with Crippen LogP contribution in [0.5, 0.6) is 17.2 Å². The van der Waals surface area contributed by atoms with Gasteiger partial charge in [-0.05, 0) is 37.1 Å². The van der Waals surface area contributed by atoms with Crippen LogP contribution in [0.1, 0.15) is 18.4 Å². The van der Waals surface area contributed by atoms with Gasteiger partial charge in [-0.2, -0.15) is 13.9 Å². The summed E-state index contributed by atoms with van der Waals surface area (Å²) in [6.07, 6.45) is 3.43. The number of nitrogens with zero attached hydrogens (tertiary/aromatic N) is 3. The Morgan fingerprint density at radius 2 is 1.97 bits per heavy atom. The first kappa shape index (κ1) is 19.1. The summed E-state index contributed by atoms with van der Waals surface area (Å²) in [6.45, 7) is -2.94. The van der Waals surface area contributed by atoms with Gasteiger partial charge in [0.25, 0.3) is 0 Å². The molecule has 1 saturated carbocycles. The van der Waals surface area contributed by atoms with Crippen LogP contribution in [0.4, 0.5) is 8.78 Å². The van der Waals surface area contributed by atoms with Crippen molar-refractivity contribution in [2.24, 2.45) is 10.1 Å². The maximum atomic E-state index is 12.7. The standard InChI is InChI=1S/C20H17F2N3O3S/c21-19(22)28-18-4-2-1-3-12(18)10-23-25-16(11-29-20(25)24-13-5-6-13)15-8-7-14(26)9-17(15)27/h1-4,7-11,13,19,26-27H,5-6H2/b23-10+,24-20?. The molecule has 0 unspecified atom stereocenters. The molecule has 150 valence electrons. The summed E-state index contributed by atoms with van der Waals surface area (Å²) >= 11 is 1.36. The summed E-state index contributed by atoms with van der Waals surface area (Å²) in [4.78, 5) is 5.26. The van der Waals surface area contributed by atoms with E-state index >= 15 is 0 Å². The molecule has 1 aromatic heterocycles. The number of thiazole rings is 1. The number of ether oxygens (including phenoxy) is 1. The number of para-hydroxylation sites is 1. The van der Waals surface area contributed by atoms with Gasteiger partial charge >= 0.3 is 6.61 Å². The lowest BCUT2D eigenvalue weighted by molar-refractivity contribution is -0.0499. The van der Waals surface area contributed by atoms with Gasteiger partial charge in [-0.1, -0.05) is 12.1 Å². The highest BCUT2D eigenvalue weighted by Gasteiger charge is 2.21. The molecule has 0 saturated heterocycles. The van der Waals surface area contributed by atoms with Gasteiger partial charge in [0.2, 0.25) is 4.80 Å². The van der Waals surface area contributed by atoms with E-state index in [-0.39, 0.29) is 23.3 Å². The Kier molecular flexibility index (Phi) is 5.30. The number of halogens is 2. The molecule has 4 rings (SSSR count). The van der Waals surface area contributed by atoms with Crippen LogP contribution in [-0.4, -0.2) is 33.8 Å². The monoisotopic (exact) mass is 417 g/mol. The van der Waals surface area contributed by atoms with Gasteiger partial charge in [0.15, 0.2) is 0 Å². The largest absolute Gasteiger partial charge is 0.508 e.